The molecule has 0 aliphatic carbocycles. The molecule has 10 heteroatoms. The summed E-state index contributed by atoms with van der Waals surface area (Å²) in [5.41, 5.74) is 1.70. The van der Waals surface area contributed by atoms with Crippen LogP contribution >= 0.6 is 0 Å². The third-order valence-electron chi connectivity index (χ3n) is 6.15. The Morgan fingerprint density at radius 1 is 0.923 bits per heavy atom. The standard InChI is InChI=1S/C29H21F3N4O3/c1-14-12-21-26(36-28(14)32)23(10-11-33-21)39-22-9-8-19(13-20(22)31)35-29(38)25-16(3)34-15(2)24(27(25)37)17-4-6-18(30)7-5-17/h4-13H,1-3H3,(H,34,37)(H,35,38). The number of aromatic amines is 1. The molecule has 0 unspecified atom stereocenters. The predicted molar refractivity (Wildman–Crippen MR) is 141 cm³/mol. The van der Waals surface area contributed by atoms with Crippen LogP contribution in [-0.2, 0) is 0 Å². The summed E-state index contributed by atoms with van der Waals surface area (Å²) in [6, 6.07) is 12.0. The van der Waals surface area contributed by atoms with Crippen LogP contribution in [0.3, 0.4) is 0 Å². The number of hydrogen-bond donors (Lipinski definition) is 2. The van der Waals surface area contributed by atoms with E-state index in [9.17, 15) is 22.8 Å². The van der Waals surface area contributed by atoms with Crippen molar-refractivity contribution in [3.8, 4) is 22.6 Å². The minimum absolute atomic E-state index is 0.0759. The molecule has 0 spiro atoms. The van der Waals surface area contributed by atoms with Crippen LogP contribution in [0.2, 0.25) is 0 Å². The Morgan fingerprint density at radius 3 is 2.38 bits per heavy atom. The first-order valence-corrected chi connectivity index (χ1v) is 11.8. The summed E-state index contributed by atoms with van der Waals surface area (Å²) in [6.45, 7) is 4.81. The fourth-order valence-corrected chi connectivity index (χ4v) is 4.29. The van der Waals surface area contributed by atoms with Crippen LogP contribution in [0, 0.1) is 38.4 Å². The van der Waals surface area contributed by atoms with E-state index in [1.807, 2.05) is 0 Å². The first-order valence-electron chi connectivity index (χ1n) is 11.8. The lowest BCUT2D eigenvalue weighted by atomic mass is 9.99. The Labute approximate surface area is 220 Å². The fourth-order valence-electron chi connectivity index (χ4n) is 4.29. The first-order chi connectivity index (χ1) is 18.6. The predicted octanol–water partition coefficient (Wildman–Crippen LogP) is 6.37. The highest BCUT2D eigenvalue weighted by Gasteiger charge is 2.21. The number of nitrogens with zero attached hydrogens (tertiary/aromatic N) is 2. The summed E-state index contributed by atoms with van der Waals surface area (Å²) >= 11 is 0. The largest absolute Gasteiger partial charge is 0.452 e. The van der Waals surface area contributed by atoms with E-state index in [2.05, 4.69) is 20.3 Å². The van der Waals surface area contributed by atoms with Crippen LogP contribution in [0.15, 0.2) is 65.6 Å². The summed E-state index contributed by atoms with van der Waals surface area (Å²) in [5.74, 6) is -2.80. The smallest absolute Gasteiger partial charge is 0.261 e. The van der Waals surface area contributed by atoms with Gasteiger partial charge in [-0.3, -0.25) is 14.6 Å². The minimum Gasteiger partial charge on any atom is -0.452 e. The number of ether oxygens (including phenoxy) is 1. The van der Waals surface area contributed by atoms with Gasteiger partial charge in [0.15, 0.2) is 17.3 Å². The molecule has 0 bridgehead atoms. The number of carbonyl (C=O) groups excluding carboxylic acids is 1. The van der Waals surface area contributed by atoms with E-state index in [4.69, 9.17) is 4.74 Å². The molecule has 196 valence electrons. The van der Waals surface area contributed by atoms with Crippen molar-refractivity contribution >= 4 is 22.6 Å². The van der Waals surface area contributed by atoms with Gasteiger partial charge in [0.1, 0.15) is 16.9 Å². The highest BCUT2D eigenvalue weighted by molar-refractivity contribution is 6.05. The van der Waals surface area contributed by atoms with E-state index in [-0.39, 0.29) is 33.8 Å². The van der Waals surface area contributed by atoms with Crippen molar-refractivity contribution in [2.24, 2.45) is 0 Å². The van der Waals surface area contributed by atoms with E-state index in [0.717, 1.165) is 6.07 Å². The van der Waals surface area contributed by atoms with E-state index < -0.39 is 28.9 Å². The molecule has 2 aromatic carbocycles. The number of hydrogen-bond acceptors (Lipinski definition) is 5. The van der Waals surface area contributed by atoms with Gasteiger partial charge in [-0.05, 0) is 56.7 Å². The number of aromatic nitrogens is 3. The normalized spacial score (nSPS) is 11.0. The Kier molecular flexibility index (Phi) is 6.61. The average molecular weight is 531 g/mol. The molecular weight excluding hydrogens is 509 g/mol. The number of fused-ring (bicyclic) bond motifs is 1. The van der Waals surface area contributed by atoms with Crippen molar-refractivity contribution < 1.29 is 22.7 Å². The number of amides is 1. The molecule has 2 N–H and O–H groups in total. The monoisotopic (exact) mass is 530 g/mol. The quantitative estimate of drug-likeness (QED) is 0.257. The summed E-state index contributed by atoms with van der Waals surface area (Å²) < 4.78 is 48.0. The number of anilines is 1. The maximum absolute atomic E-state index is 15.0. The molecule has 3 aromatic heterocycles. The zero-order valence-electron chi connectivity index (χ0n) is 21.0. The highest BCUT2D eigenvalue weighted by Crippen LogP contribution is 2.31. The van der Waals surface area contributed by atoms with Crippen molar-refractivity contribution in [2.75, 3.05) is 5.32 Å². The Hall–Kier alpha value is -4.99. The molecule has 3 heterocycles. The van der Waals surface area contributed by atoms with Gasteiger partial charge in [0.25, 0.3) is 5.91 Å². The number of rotatable bonds is 5. The molecule has 0 atom stereocenters. The molecule has 0 saturated carbocycles. The van der Waals surface area contributed by atoms with Gasteiger partial charge in [0, 0.05) is 46.5 Å². The SMILES string of the molecule is Cc1cc2nccc(Oc3ccc(NC(=O)c4c(C)[nH]c(C)c(-c5ccc(F)cc5)c4=O)cc3F)c2nc1F. The second-order valence-corrected chi connectivity index (χ2v) is 8.94. The molecule has 0 aliphatic rings. The van der Waals surface area contributed by atoms with Gasteiger partial charge in [-0.1, -0.05) is 12.1 Å². The molecular formula is C29H21F3N4O3. The van der Waals surface area contributed by atoms with Crippen molar-refractivity contribution in [1.82, 2.24) is 15.0 Å². The molecule has 1 amide bonds. The van der Waals surface area contributed by atoms with Crippen molar-refractivity contribution in [3.63, 3.8) is 0 Å². The molecule has 0 radical (unpaired) electrons. The van der Waals surface area contributed by atoms with Crippen molar-refractivity contribution in [3.05, 3.63) is 111 Å². The molecule has 7 nitrogen and oxygen atoms in total. The van der Waals surface area contributed by atoms with Gasteiger partial charge < -0.3 is 15.0 Å². The maximum atomic E-state index is 15.0. The highest BCUT2D eigenvalue weighted by atomic mass is 19.1. The summed E-state index contributed by atoms with van der Waals surface area (Å²) in [5, 5.41) is 2.54. The maximum Gasteiger partial charge on any atom is 0.261 e. The van der Waals surface area contributed by atoms with Crippen LogP contribution in [0.5, 0.6) is 11.5 Å². The Morgan fingerprint density at radius 2 is 1.67 bits per heavy atom. The molecule has 0 saturated heterocycles. The van der Waals surface area contributed by atoms with Crippen LogP contribution in [0.4, 0.5) is 18.9 Å². The third-order valence-corrected chi connectivity index (χ3v) is 6.15. The van der Waals surface area contributed by atoms with Gasteiger partial charge in [-0.15, -0.1) is 0 Å². The topological polar surface area (TPSA) is 97.0 Å². The second-order valence-electron chi connectivity index (χ2n) is 8.94. The number of carbonyl (C=O) groups is 1. The number of benzene rings is 2. The lowest BCUT2D eigenvalue weighted by Gasteiger charge is -2.13. The van der Waals surface area contributed by atoms with Crippen molar-refractivity contribution in [1.29, 1.82) is 0 Å². The van der Waals surface area contributed by atoms with Crippen LogP contribution < -0.4 is 15.5 Å². The summed E-state index contributed by atoms with van der Waals surface area (Å²) in [4.78, 5) is 37.4. The average Bonchev–Trinajstić information content (AvgIpc) is 2.87. The number of pyridine rings is 3. The number of H-pyrrole nitrogens is 1. The lowest BCUT2D eigenvalue weighted by molar-refractivity contribution is 0.102. The van der Waals surface area contributed by atoms with E-state index in [1.165, 1.54) is 54.7 Å². The van der Waals surface area contributed by atoms with Crippen LogP contribution in [-0.4, -0.2) is 20.9 Å². The zero-order chi connectivity index (χ0) is 27.8. The fraction of sp³-hybridized carbons (Fsp3) is 0.103. The second kappa shape index (κ2) is 10.1. The van der Waals surface area contributed by atoms with Crippen LogP contribution in [0.25, 0.3) is 22.2 Å². The molecule has 5 aromatic rings. The molecule has 5 rings (SSSR count). The van der Waals surface area contributed by atoms with E-state index >= 15 is 0 Å². The first kappa shape index (κ1) is 25.7. The van der Waals surface area contributed by atoms with Gasteiger partial charge in [-0.2, -0.15) is 4.39 Å². The molecule has 0 fully saturated rings. The molecule has 0 aliphatic heterocycles. The van der Waals surface area contributed by atoms with Gasteiger partial charge in [0.2, 0.25) is 11.4 Å². The van der Waals surface area contributed by atoms with Gasteiger partial charge in [0.05, 0.1) is 5.52 Å². The third kappa shape index (κ3) is 4.96. The Balaban J connectivity index is 1.42. The number of halogens is 3. The van der Waals surface area contributed by atoms with Gasteiger partial charge in [-0.25, -0.2) is 13.8 Å². The Bertz CT molecular complexity index is 1820. The number of nitrogens with one attached hydrogen (secondary N) is 2. The van der Waals surface area contributed by atoms with E-state index in [0.29, 0.717) is 28.0 Å². The molecule has 39 heavy (non-hydrogen) atoms. The van der Waals surface area contributed by atoms with Gasteiger partial charge >= 0.3 is 0 Å². The zero-order valence-corrected chi connectivity index (χ0v) is 21.0. The van der Waals surface area contributed by atoms with Crippen LogP contribution in [0.1, 0.15) is 27.3 Å². The number of aryl methyl sites for hydroxylation is 3. The summed E-state index contributed by atoms with van der Waals surface area (Å²) in [6.07, 6.45) is 1.44. The summed E-state index contributed by atoms with van der Waals surface area (Å²) in [7, 11) is 0. The minimum atomic E-state index is -0.813. The van der Waals surface area contributed by atoms with E-state index in [1.54, 1.807) is 20.8 Å². The lowest BCUT2D eigenvalue weighted by Crippen LogP contribution is -2.26. The van der Waals surface area contributed by atoms with Crippen molar-refractivity contribution in [2.45, 2.75) is 20.8 Å².